The molecule has 1 amide bonds. The van der Waals surface area contributed by atoms with E-state index in [9.17, 15) is 4.79 Å². The highest BCUT2D eigenvalue weighted by atomic mass is 16.1. The zero-order valence-electron chi connectivity index (χ0n) is 12.2. The predicted molar refractivity (Wildman–Crippen MR) is 83.8 cm³/mol. The SMILES string of the molecule is Cc1cccc(CC(=O)Nc2c(N)ccc(C)c2C)c1. The fourth-order valence-electron chi connectivity index (χ4n) is 2.19. The Morgan fingerprint density at radius 3 is 2.60 bits per heavy atom. The summed E-state index contributed by atoms with van der Waals surface area (Å²) in [5, 5.41) is 2.92. The lowest BCUT2D eigenvalue weighted by Crippen LogP contribution is -2.16. The lowest BCUT2D eigenvalue weighted by atomic mass is 10.1. The van der Waals surface area contributed by atoms with E-state index in [4.69, 9.17) is 5.73 Å². The Hall–Kier alpha value is -2.29. The molecule has 104 valence electrons. The van der Waals surface area contributed by atoms with Crippen molar-refractivity contribution in [3.8, 4) is 0 Å². The predicted octanol–water partition coefficient (Wildman–Crippen LogP) is 3.38. The molecule has 0 aromatic heterocycles. The largest absolute Gasteiger partial charge is 0.397 e. The van der Waals surface area contributed by atoms with Gasteiger partial charge in [0.05, 0.1) is 17.8 Å². The summed E-state index contributed by atoms with van der Waals surface area (Å²) in [7, 11) is 0. The average molecular weight is 268 g/mol. The summed E-state index contributed by atoms with van der Waals surface area (Å²) in [5.41, 5.74) is 11.6. The van der Waals surface area contributed by atoms with E-state index in [0.29, 0.717) is 12.1 Å². The monoisotopic (exact) mass is 268 g/mol. The highest BCUT2D eigenvalue weighted by molar-refractivity contribution is 5.96. The van der Waals surface area contributed by atoms with Crippen molar-refractivity contribution in [3.63, 3.8) is 0 Å². The first kappa shape index (κ1) is 14.1. The first-order chi connectivity index (χ1) is 9.47. The second-order valence-electron chi connectivity index (χ2n) is 5.19. The number of carbonyl (C=O) groups excluding carboxylic acids is 1. The number of benzene rings is 2. The Kier molecular flexibility index (Phi) is 4.08. The van der Waals surface area contributed by atoms with E-state index in [1.54, 1.807) is 0 Å². The van der Waals surface area contributed by atoms with Crippen molar-refractivity contribution in [1.29, 1.82) is 0 Å². The molecule has 2 aromatic carbocycles. The van der Waals surface area contributed by atoms with Crippen molar-refractivity contribution in [3.05, 3.63) is 58.7 Å². The van der Waals surface area contributed by atoms with Gasteiger partial charge in [-0.1, -0.05) is 35.9 Å². The molecule has 2 rings (SSSR count). The maximum absolute atomic E-state index is 12.1. The van der Waals surface area contributed by atoms with Gasteiger partial charge in [-0.25, -0.2) is 0 Å². The number of amides is 1. The normalized spacial score (nSPS) is 10.3. The molecule has 0 atom stereocenters. The Bertz CT molecular complexity index is 647. The number of nitrogens with one attached hydrogen (secondary N) is 1. The highest BCUT2D eigenvalue weighted by Crippen LogP contribution is 2.25. The molecule has 0 aliphatic carbocycles. The molecule has 3 heteroatoms. The average Bonchev–Trinajstić information content (AvgIpc) is 2.39. The van der Waals surface area contributed by atoms with Gasteiger partial charge in [-0.2, -0.15) is 0 Å². The minimum atomic E-state index is -0.0454. The Morgan fingerprint density at radius 1 is 1.15 bits per heavy atom. The Labute approximate surface area is 119 Å². The summed E-state index contributed by atoms with van der Waals surface area (Å²) in [6.07, 6.45) is 0.356. The number of aryl methyl sites for hydroxylation is 2. The van der Waals surface area contributed by atoms with Crippen molar-refractivity contribution in [1.82, 2.24) is 0 Å². The van der Waals surface area contributed by atoms with Crippen LogP contribution in [0.3, 0.4) is 0 Å². The zero-order chi connectivity index (χ0) is 14.7. The fourth-order valence-corrected chi connectivity index (χ4v) is 2.19. The van der Waals surface area contributed by atoms with Gasteiger partial charge < -0.3 is 11.1 Å². The summed E-state index contributed by atoms with van der Waals surface area (Å²) in [6.45, 7) is 5.99. The smallest absolute Gasteiger partial charge is 0.228 e. The molecular weight excluding hydrogens is 248 g/mol. The van der Waals surface area contributed by atoms with Crippen LogP contribution in [0.1, 0.15) is 22.3 Å². The first-order valence-corrected chi connectivity index (χ1v) is 6.68. The summed E-state index contributed by atoms with van der Waals surface area (Å²) in [5.74, 6) is -0.0454. The van der Waals surface area contributed by atoms with Crippen LogP contribution in [0.4, 0.5) is 11.4 Å². The van der Waals surface area contributed by atoms with Gasteiger partial charge in [0.15, 0.2) is 0 Å². The van der Waals surface area contributed by atoms with Gasteiger partial charge in [0, 0.05) is 0 Å². The number of hydrogen-bond acceptors (Lipinski definition) is 2. The standard InChI is InChI=1S/C17H20N2O/c1-11-5-4-6-14(9-11)10-16(20)19-17-13(3)12(2)7-8-15(17)18/h4-9H,10,18H2,1-3H3,(H,19,20). The van der Waals surface area contributed by atoms with Gasteiger partial charge in [-0.15, -0.1) is 0 Å². The topological polar surface area (TPSA) is 55.1 Å². The minimum absolute atomic E-state index is 0.0454. The molecule has 0 aliphatic rings. The van der Waals surface area contributed by atoms with E-state index in [0.717, 1.165) is 27.9 Å². The molecule has 2 aromatic rings. The second kappa shape index (κ2) is 5.78. The third-order valence-corrected chi connectivity index (χ3v) is 3.48. The number of rotatable bonds is 3. The lowest BCUT2D eigenvalue weighted by molar-refractivity contribution is -0.115. The zero-order valence-corrected chi connectivity index (χ0v) is 12.2. The number of anilines is 2. The van der Waals surface area contributed by atoms with Crippen LogP contribution in [0, 0.1) is 20.8 Å². The van der Waals surface area contributed by atoms with Crippen molar-refractivity contribution in [2.75, 3.05) is 11.1 Å². The molecular formula is C17H20N2O. The van der Waals surface area contributed by atoms with Crippen LogP contribution >= 0.6 is 0 Å². The van der Waals surface area contributed by atoms with Gasteiger partial charge >= 0.3 is 0 Å². The van der Waals surface area contributed by atoms with Crippen molar-refractivity contribution >= 4 is 17.3 Å². The van der Waals surface area contributed by atoms with Crippen LogP contribution in [0.5, 0.6) is 0 Å². The molecule has 0 aliphatic heterocycles. The van der Waals surface area contributed by atoms with Crippen LogP contribution in [0.25, 0.3) is 0 Å². The quantitative estimate of drug-likeness (QED) is 0.838. The first-order valence-electron chi connectivity index (χ1n) is 6.68. The molecule has 0 bridgehead atoms. The Morgan fingerprint density at radius 2 is 1.90 bits per heavy atom. The molecule has 0 saturated carbocycles. The summed E-state index contributed by atoms with van der Waals surface area (Å²) in [4.78, 5) is 12.1. The van der Waals surface area contributed by atoms with Crippen molar-refractivity contribution in [2.45, 2.75) is 27.2 Å². The van der Waals surface area contributed by atoms with Gasteiger partial charge in [0.2, 0.25) is 5.91 Å². The lowest BCUT2D eigenvalue weighted by Gasteiger charge is -2.13. The number of nitrogens with two attached hydrogens (primary N) is 1. The van der Waals surface area contributed by atoms with Gasteiger partial charge in [0.1, 0.15) is 0 Å². The molecule has 0 saturated heterocycles. The third kappa shape index (κ3) is 3.18. The molecule has 0 heterocycles. The van der Waals surface area contributed by atoms with E-state index in [-0.39, 0.29) is 5.91 Å². The molecule has 0 fully saturated rings. The van der Waals surface area contributed by atoms with Gasteiger partial charge in [-0.3, -0.25) is 4.79 Å². The minimum Gasteiger partial charge on any atom is -0.397 e. The summed E-state index contributed by atoms with van der Waals surface area (Å²) < 4.78 is 0. The molecule has 3 N–H and O–H groups in total. The van der Waals surface area contributed by atoms with E-state index in [2.05, 4.69) is 5.32 Å². The number of hydrogen-bond donors (Lipinski definition) is 2. The van der Waals surface area contributed by atoms with E-state index < -0.39 is 0 Å². The molecule has 3 nitrogen and oxygen atoms in total. The van der Waals surface area contributed by atoms with Gasteiger partial charge in [0.25, 0.3) is 0 Å². The molecule has 0 spiro atoms. The highest BCUT2D eigenvalue weighted by Gasteiger charge is 2.10. The van der Waals surface area contributed by atoms with Crippen molar-refractivity contribution < 1.29 is 4.79 Å². The third-order valence-electron chi connectivity index (χ3n) is 3.48. The van der Waals surface area contributed by atoms with Crippen LogP contribution < -0.4 is 11.1 Å². The maximum Gasteiger partial charge on any atom is 0.228 e. The molecule has 20 heavy (non-hydrogen) atoms. The number of nitrogen functional groups attached to an aromatic ring is 1. The van der Waals surface area contributed by atoms with Crippen molar-refractivity contribution in [2.24, 2.45) is 0 Å². The maximum atomic E-state index is 12.1. The summed E-state index contributed by atoms with van der Waals surface area (Å²) in [6, 6.07) is 11.7. The van der Waals surface area contributed by atoms with E-state index >= 15 is 0 Å². The van der Waals surface area contributed by atoms with Crippen LogP contribution in [-0.2, 0) is 11.2 Å². The Balaban J connectivity index is 2.15. The fraction of sp³-hybridized carbons (Fsp3) is 0.235. The summed E-state index contributed by atoms with van der Waals surface area (Å²) >= 11 is 0. The van der Waals surface area contributed by atoms with Crippen LogP contribution in [0.15, 0.2) is 36.4 Å². The van der Waals surface area contributed by atoms with Gasteiger partial charge in [-0.05, 0) is 43.5 Å². The van der Waals surface area contributed by atoms with Crippen LogP contribution in [-0.4, -0.2) is 5.91 Å². The van der Waals surface area contributed by atoms with E-state index in [1.165, 1.54) is 0 Å². The second-order valence-corrected chi connectivity index (χ2v) is 5.19. The molecule has 0 unspecified atom stereocenters. The number of carbonyl (C=O) groups is 1. The molecule has 0 radical (unpaired) electrons. The van der Waals surface area contributed by atoms with E-state index in [1.807, 2.05) is 57.2 Å². The van der Waals surface area contributed by atoms with Crippen LogP contribution in [0.2, 0.25) is 0 Å².